The fourth-order valence-electron chi connectivity index (χ4n) is 3.15. The van der Waals surface area contributed by atoms with Crippen molar-refractivity contribution in [2.75, 3.05) is 25.1 Å². The van der Waals surface area contributed by atoms with E-state index in [0.717, 1.165) is 13.2 Å². The summed E-state index contributed by atoms with van der Waals surface area (Å²) in [7, 11) is 0. The zero-order valence-corrected chi connectivity index (χ0v) is 12.9. The van der Waals surface area contributed by atoms with Crippen molar-refractivity contribution in [2.45, 2.75) is 39.8 Å². The van der Waals surface area contributed by atoms with Crippen LogP contribution < -0.4 is 5.32 Å². The number of anilines is 1. The molecule has 3 rings (SSSR count). The molecule has 3 heterocycles. The number of carbonyl (C=O) groups is 1. The molecule has 0 radical (unpaired) electrons. The fourth-order valence-corrected chi connectivity index (χ4v) is 3.15. The Hall–Kier alpha value is -1.70. The lowest BCUT2D eigenvalue weighted by molar-refractivity contribution is 0.127. The van der Waals surface area contributed by atoms with Gasteiger partial charge in [-0.3, -0.25) is 5.32 Å². The third-order valence-electron chi connectivity index (χ3n) is 4.40. The molecule has 0 bridgehead atoms. The van der Waals surface area contributed by atoms with E-state index in [1.54, 1.807) is 0 Å². The van der Waals surface area contributed by atoms with Gasteiger partial charge in [-0.2, -0.15) is 4.80 Å². The van der Waals surface area contributed by atoms with Gasteiger partial charge < -0.3 is 9.64 Å². The second-order valence-electron chi connectivity index (χ2n) is 6.79. The van der Waals surface area contributed by atoms with Gasteiger partial charge >= 0.3 is 6.03 Å². The molecule has 116 valence electrons. The molecule has 0 unspecified atom stereocenters. The molecule has 1 aromatic rings. The number of amides is 2. The first-order chi connectivity index (χ1) is 9.88. The van der Waals surface area contributed by atoms with Crippen LogP contribution in [-0.4, -0.2) is 56.9 Å². The molecule has 2 amide bonds. The summed E-state index contributed by atoms with van der Waals surface area (Å²) in [4.78, 5) is 15.8. The second-order valence-corrected chi connectivity index (χ2v) is 6.79. The van der Waals surface area contributed by atoms with E-state index in [9.17, 15) is 4.79 Å². The molecule has 0 aromatic carbocycles. The highest BCUT2D eigenvalue weighted by Gasteiger charge is 2.51. The van der Waals surface area contributed by atoms with Crippen molar-refractivity contribution in [3.05, 3.63) is 0 Å². The van der Waals surface area contributed by atoms with Gasteiger partial charge in [-0.05, 0) is 24.5 Å². The minimum Gasteiger partial charge on any atom is -0.379 e. The number of rotatable bonds is 2. The predicted molar refractivity (Wildman–Crippen MR) is 75.8 cm³/mol. The predicted octanol–water partition coefficient (Wildman–Crippen LogP) is 1.14. The SMILES string of the molecule is CC(C)n1nnc(NC(=O)N2CC(C)(C)[C@@H]3COC[C@@H]32)n1. The van der Waals surface area contributed by atoms with Gasteiger partial charge in [0.05, 0.1) is 25.3 Å². The van der Waals surface area contributed by atoms with Gasteiger partial charge in [0.15, 0.2) is 0 Å². The second kappa shape index (κ2) is 4.94. The number of fused-ring (bicyclic) bond motifs is 1. The Morgan fingerprint density at radius 2 is 2.19 bits per heavy atom. The molecule has 21 heavy (non-hydrogen) atoms. The van der Waals surface area contributed by atoms with Gasteiger partial charge in [0.2, 0.25) is 0 Å². The normalized spacial score (nSPS) is 27.2. The van der Waals surface area contributed by atoms with Crippen molar-refractivity contribution in [2.24, 2.45) is 11.3 Å². The van der Waals surface area contributed by atoms with Crippen LogP contribution in [0.15, 0.2) is 0 Å². The lowest BCUT2D eigenvalue weighted by Gasteiger charge is -2.23. The third kappa shape index (κ3) is 2.48. The van der Waals surface area contributed by atoms with E-state index in [-0.39, 0.29) is 29.5 Å². The van der Waals surface area contributed by atoms with Crippen molar-refractivity contribution in [3.63, 3.8) is 0 Å². The van der Waals surface area contributed by atoms with Crippen LogP contribution in [0.25, 0.3) is 0 Å². The van der Waals surface area contributed by atoms with Crippen LogP contribution in [0.5, 0.6) is 0 Å². The van der Waals surface area contributed by atoms with Gasteiger partial charge in [-0.1, -0.05) is 18.9 Å². The van der Waals surface area contributed by atoms with Crippen LogP contribution >= 0.6 is 0 Å². The van der Waals surface area contributed by atoms with Crippen molar-refractivity contribution in [3.8, 4) is 0 Å². The Balaban J connectivity index is 1.70. The zero-order valence-electron chi connectivity index (χ0n) is 12.9. The molecular formula is C13H22N6O2. The minimum absolute atomic E-state index is 0.0709. The van der Waals surface area contributed by atoms with Crippen LogP contribution in [0.1, 0.15) is 33.7 Å². The lowest BCUT2D eigenvalue weighted by atomic mass is 9.80. The minimum atomic E-state index is -0.176. The molecule has 0 spiro atoms. The lowest BCUT2D eigenvalue weighted by Crippen LogP contribution is -2.41. The highest BCUT2D eigenvalue weighted by atomic mass is 16.5. The van der Waals surface area contributed by atoms with Crippen LogP contribution in [0.4, 0.5) is 10.7 Å². The van der Waals surface area contributed by atoms with E-state index in [1.807, 2.05) is 18.7 Å². The Bertz CT molecular complexity index is 541. The summed E-state index contributed by atoms with van der Waals surface area (Å²) >= 11 is 0. The molecule has 2 fully saturated rings. The van der Waals surface area contributed by atoms with Gasteiger partial charge in [-0.25, -0.2) is 4.79 Å². The van der Waals surface area contributed by atoms with Crippen molar-refractivity contribution >= 4 is 12.0 Å². The molecule has 8 nitrogen and oxygen atoms in total. The number of urea groups is 1. The summed E-state index contributed by atoms with van der Waals surface area (Å²) < 4.78 is 5.54. The molecular weight excluding hydrogens is 272 g/mol. The zero-order chi connectivity index (χ0) is 15.2. The Labute approximate surface area is 123 Å². The van der Waals surface area contributed by atoms with Crippen LogP contribution in [0.2, 0.25) is 0 Å². The van der Waals surface area contributed by atoms with E-state index in [0.29, 0.717) is 12.5 Å². The molecule has 0 saturated carbocycles. The van der Waals surface area contributed by atoms with Crippen LogP contribution in [-0.2, 0) is 4.74 Å². The van der Waals surface area contributed by atoms with E-state index in [4.69, 9.17) is 4.74 Å². The summed E-state index contributed by atoms with van der Waals surface area (Å²) in [6.07, 6.45) is 0. The maximum absolute atomic E-state index is 12.5. The highest BCUT2D eigenvalue weighted by Crippen LogP contribution is 2.43. The number of hydrogen-bond acceptors (Lipinski definition) is 5. The summed E-state index contributed by atoms with van der Waals surface area (Å²) in [6, 6.07) is 0.0750. The molecule has 1 N–H and O–H groups in total. The number of likely N-dealkylation sites (tertiary alicyclic amines) is 1. The summed E-state index contributed by atoms with van der Waals surface area (Å²) in [5.74, 6) is 0.636. The highest BCUT2D eigenvalue weighted by molar-refractivity contribution is 5.88. The maximum atomic E-state index is 12.5. The number of ether oxygens (including phenoxy) is 1. The van der Waals surface area contributed by atoms with E-state index >= 15 is 0 Å². The van der Waals surface area contributed by atoms with Crippen molar-refractivity contribution in [1.29, 1.82) is 0 Å². The molecule has 2 aliphatic heterocycles. The van der Waals surface area contributed by atoms with Crippen molar-refractivity contribution < 1.29 is 9.53 Å². The van der Waals surface area contributed by atoms with Gasteiger partial charge in [0.1, 0.15) is 0 Å². The average Bonchev–Trinajstić information content (AvgIpc) is 3.07. The van der Waals surface area contributed by atoms with E-state index in [1.165, 1.54) is 4.80 Å². The first-order valence-electron chi connectivity index (χ1n) is 7.33. The van der Waals surface area contributed by atoms with Gasteiger partial charge in [0, 0.05) is 12.5 Å². The molecule has 1 aromatic heterocycles. The quantitative estimate of drug-likeness (QED) is 0.884. The Kier molecular flexibility index (Phi) is 3.35. The topological polar surface area (TPSA) is 85.2 Å². The number of nitrogens with one attached hydrogen (secondary N) is 1. The number of hydrogen-bond donors (Lipinski definition) is 1. The van der Waals surface area contributed by atoms with E-state index in [2.05, 4.69) is 34.6 Å². The molecule has 2 aliphatic rings. The molecule has 2 atom stereocenters. The molecule has 8 heteroatoms. The number of carbonyl (C=O) groups excluding carboxylic acids is 1. The third-order valence-corrected chi connectivity index (χ3v) is 4.40. The smallest absolute Gasteiger partial charge is 0.324 e. The Morgan fingerprint density at radius 1 is 1.43 bits per heavy atom. The van der Waals surface area contributed by atoms with E-state index < -0.39 is 0 Å². The first-order valence-corrected chi connectivity index (χ1v) is 7.33. The number of tetrazole rings is 1. The standard InChI is InChI=1S/C13H22N6O2/c1-8(2)19-16-11(15-17-19)14-12(20)18-7-13(3,4)9-5-21-6-10(9)18/h8-10H,5-7H2,1-4H3,(H,14,16,20)/t9-,10+/m1/s1. The first kappa shape index (κ1) is 14.2. The largest absolute Gasteiger partial charge is 0.379 e. The number of nitrogens with zero attached hydrogens (tertiary/aromatic N) is 5. The van der Waals surface area contributed by atoms with Gasteiger partial charge in [-0.15, -0.1) is 5.10 Å². The van der Waals surface area contributed by atoms with Crippen molar-refractivity contribution in [1.82, 2.24) is 25.1 Å². The summed E-state index contributed by atoms with van der Waals surface area (Å²) in [6.45, 7) is 10.3. The average molecular weight is 294 g/mol. The summed E-state index contributed by atoms with van der Waals surface area (Å²) in [5.41, 5.74) is 0.0709. The summed E-state index contributed by atoms with van der Waals surface area (Å²) in [5, 5.41) is 14.7. The number of aromatic nitrogens is 4. The van der Waals surface area contributed by atoms with Crippen LogP contribution in [0, 0.1) is 11.3 Å². The fraction of sp³-hybridized carbons (Fsp3) is 0.846. The van der Waals surface area contributed by atoms with Crippen LogP contribution in [0.3, 0.4) is 0 Å². The maximum Gasteiger partial charge on any atom is 0.324 e. The van der Waals surface area contributed by atoms with Gasteiger partial charge in [0.25, 0.3) is 5.95 Å². The Morgan fingerprint density at radius 3 is 2.86 bits per heavy atom. The molecule has 0 aliphatic carbocycles. The molecule has 2 saturated heterocycles. The monoisotopic (exact) mass is 294 g/mol.